The third-order valence-electron chi connectivity index (χ3n) is 8.00. The van der Waals surface area contributed by atoms with Gasteiger partial charge in [-0.1, -0.05) is 61.0 Å². The van der Waals surface area contributed by atoms with Crippen LogP contribution in [-0.4, -0.2) is 69.8 Å². The van der Waals surface area contributed by atoms with E-state index in [1.165, 1.54) is 6.33 Å². The molecule has 1 aliphatic heterocycles. The summed E-state index contributed by atoms with van der Waals surface area (Å²) in [7, 11) is 0. The van der Waals surface area contributed by atoms with Gasteiger partial charge in [-0.2, -0.15) is 0 Å². The highest BCUT2D eigenvalue weighted by atomic mass is 35.5. The number of nitrogens with one attached hydrogen (secondary N) is 1. The zero-order valence-electron chi connectivity index (χ0n) is 22.4. The summed E-state index contributed by atoms with van der Waals surface area (Å²) in [6.07, 6.45) is 0.952. The molecule has 39 heavy (non-hydrogen) atoms. The number of halogens is 1. The summed E-state index contributed by atoms with van der Waals surface area (Å²) in [4.78, 5) is 26.9. The van der Waals surface area contributed by atoms with Gasteiger partial charge < -0.3 is 25.3 Å². The minimum atomic E-state index is -0.689. The van der Waals surface area contributed by atoms with E-state index in [-0.39, 0.29) is 17.9 Å². The molecule has 5 atom stereocenters. The predicted molar refractivity (Wildman–Crippen MR) is 152 cm³/mol. The molecule has 1 fully saturated rings. The van der Waals surface area contributed by atoms with Crippen molar-refractivity contribution in [2.24, 2.45) is 0 Å². The van der Waals surface area contributed by atoms with Crippen LogP contribution in [0.15, 0.2) is 60.9 Å². The van der Waals surface area contributed by atoms with Gasteiger partial charge in [0.05, 0.1) is 23.8 Å². The van der Waals surface area contributed by atoms with Crippen molar-refractivity contribution in [1.29, 1.82) is 0 Å². The number of benzene rings is 2. The number of anilines is 1. The standard InChI is InChI=1S/C30H36ClN5O3/c1-19-16-25(37)27-26(19)29(34-18-33-27)35-12-14-36(15-13-35)30(39)24(21-8-10-23(31)11-9-21)17-32-20(2)28(38)22-6-4-3-5-7-22/h3-11,18-20,24-25,28,32,37-38H,12-17H2,1-2H3/t19-,20-,24?,25-,28-/m1/s1. The largest absolute Gasteiger partial charge is 0.387 e. The van der Waals surface area contributed by atoms with Gasteiger partial charge >= 0.3 is 0 Å². The lowest BCUT2D eigenvalue weighted by Gasteiger charge is -2.38. The van der Waals surface area contributed by atoms with Crippen LogP contribution in [0.1, 0.15) is 66.7 Å². The predicted octanol–water partition coefficient (Wildman–Crippen LogP) is 3.81. The number of aliphatic hydroxyl groups excluding tert-OH is 2. The first-order valence-electron chi connectivity index (χ1n) is 13.6. The summed E-state index contributed by atoms with van der Waals surface area (Å²) in [5.41, 5.74) is 3.48. The van der Waals surface area contributed by atoms with E-state index in [0.717, 1.165) is 28.2 Å². The first kappa shape index (κ1) is 27.5. The molecule has 0 saturated carbocycles. The zero-order chi connectivity index (χ0) is 27.5. The Balaban J connectivity index is 1.28. The second-order valence-electron chi connectivity index (χ2n) is 10.6. The third kappa shape index (κ3) is 5.94. The lowest BCUT2D eigenvalue weighted by molar-refractivity contribution is -0.133. The SMILES string of the molecule is C[C@@H]1C[C@@H](O)c2ncnc(N3CCN(C(=O)C(CN[C@H](C)[C@@H](O)c4ccccc4)c4ccc(Cl)cc4)CC3)c21. The minimum Gasteiger partial charge on any atom is -0.387 e. The molecule has 0 radical (unpaired) electrons. The Bertz CT molecular complexity index is 1270. The third-order valence-corrected chi connectivity index (χ3v) is 8.25. The average molecular weight is 550 g/mol. The number of rotatable bonds is 8. The van der Waals surface area contributed by atoms with Gasteiger partial charge in [0.2, 0.25) is 5.91 Å². The Hall–Kier alpha value is -3.04. The fraction of sp³-hybridized carbons (Fsp3) is 0.433. The van der Waals surface area contributed by atoms with Crippen molar-refractivity contribution in [3.05, 3.63) is 88.3 Å². The monoisotopic (exact) mass is 549 g/mol. The fourth-order valence-electron chi connectivity index (χ4n) is 5.71. The van der Waals surface area contributed by atoms with Gasteiger partial charge in [-0.3, -0.25) is 4.79 Å². The molecule has 1 aliphatic carbocycles. The van der Waals surface area contributed by atoms with Crippen LogP contribution in [0.25, 0.3) is 0 Å². The van der Waals surface area contributed by atoms with Gasteiger partial charge in [-0.05, 0) is 42.5 Å². The van der Waals surface area contributed by atoms with Gasteiger partial charge in [0, 0.05) is 49.4 Å². The summed E-state index contributed by atoms with van der Waals surface area (Å²) in [6.45, 7) is 6.87. The average Bonchev–Trinajstić information content (AvgIpc) is 3.27. The van der Waals surface area contributed by atoms with Gasteiger partial charge in [0.25, 0.3) is 0 Å². The lowest BCUT2D eigenvalue weighted by atomic mass is 9.95. The molecule has 2 aliphatic rings. The van der Waals surface area contributed by atoms with Crippen LogP contribution in [0.3, 0.4) is 0 Å². The van der Waals surface area contributed by atoms with Gasteiger partial charge in [-0.25, -0.2) is 9.97 Å². The van der Waals surface area contributed by atoms with Crippen molar-refractivity contribution < 1.29 is 15.0 Å². The highest BCUT2D eigenvalue weighted by Gasteiger charge is 2.35. The first-order valence-corrected chi connectivity index (χ1v) is 14.0. The Labute approximate surface area is 234 Å². The number of hydrogen-bond acceptors (Lipinski definition) is 7. The van der Waals surface area contributed by atoms with Crippen LogP contribution in [0.2, 0.25) is 5.02 Å². The summed E-state index contributed by atoms with van der Waals surface area (Å²) < 4.78 is 0. The van der Waals surface area contributed by atoms with Crippen LogP contribution in [-0.2, 0) is 4.79 Å². The van der Waals surface area contributed by atoms with E-state index in [4.69, 9.17) is 11.6 Å². The van der Waals surface area contributed by atoms with Crippen LogP contribution >= 0.6 is 11.6 Å². The fourth-order valence-corrected chi connectivity index (χ4v) is 5.84. The molecular formula is C30H36ClN5O3. The molecule has 1 amide bonds. The van der Waals surface area contributed by atoms with Crippen molar-refractivity contribution >= 4 is 23.3 Å². The molecule has 0 spiro atoms. The van der Waals surface area contributed by atoms with Gasteiger partial charge in [0.15, 0.2) is 0 Å². The molecule has 1 unspecified atom stereocenters. The summed E-state index contributed by atoms with van der Waals surface area (Å²) in [5, 5.41) is 25.2. The number of aliphatic hydroxyl groups is 2. The smallest absolute Gasteiger partial charge is 0.231 e. The van der Waals surface area contributed by atoms with Gasteiger partial charge in [0.1, 0.15) is 12.1 Å². The molecule has 2 aromatic carbocycles. The number of piperazine rings is 1. The molecule has 9 heteroatoms. The minimum absolute atomic E-state index is 0.0441. The van der Waals surface area contributed by atoms with E-state index in [9.17, 15) is 15.0 Å². The number of carbonyl (C=O) groups excluding carboxylic acids is 1. The maximum atomic E-state index is 13.9. The highest BCUT2D eigenvalue weighted by Crippen LogP contribution is 2.42. The molecule has 3 N–H and O–H groups in total. The van der Waals surface area contributed by atoms with E-state index in [0.29, 0.717) is 44.2 Å². The maximum absolute atomic E-state index is 13.9. The quantitative estimate of drug-likeness (QED) is 0.392. The number of hydrogen-bond donors (Lipinski definition) is 3. The maximum Gasteiger partial charge on any atom is 0.231 e. The van der Waals surface area contributed by atoms with Crippen LogP contribution in [0.5, 0.6) is 0 Å². The molecular weight excluding hydrogens is 514 g/mol. The number of amides is 1. The van der Waals surface area contributed by atoms with Gasteiger partial charge in [-0.15, -0.1) is 0 Å². The molecule has 0 bridgehead atoms. The van der Waals surface area contributed by atoms with Crippen molar-refractivity contribution in [3.8, 4) is 0 Å². The van der Waals surface area contributed by atoms with E-state index < -0.39 is 18.1 Å². The van der Waals surface area contributed by atoms with Crippen LogP contribution < -0.4 is 10.2 Å². The summed E-state index contributed by atoms with van der Waals surface area (Å²) in [6, 6.07) is 16.7. The molecule has 3 aromatic rings. The summed E-state index contributed by atoms with van der Waals surface area (Å²) >= 11 is 6.14. The van der Waals surface area contributed by atoms with E-state index in [1.54, 1.807) is 0 Å². The Morgan fingerprint density at radius 1 is 1.05 bits per heavy atom. The van der Waals surface area contributed by atoms with Crippen LogP contribution in [0.4, 0.5) is 5.82 Å². The lowest BCUT2D eigenvalue weighted by Crippen LogP contribution is -2.51. The van der Waals surface area contributed by atoms with Crippen LogP contribution in [0, 0.1) is 0 Å². The second-order valence-corrected chi connectivity index (χ2v) is 11.1. The zero-order valence-corrected chi connectivity index (χ0v) is 23.1. The Morgan fingerprint density at radius 3 is 2.44 bits per heavy atom. The van der Waals surface area contributed by atoms with Crippen molar-refractivity contribution in [1.82, 2.24) is 20.2 Å². The summed E-state index contributed by atoms with van der Waals surface area (Å²) in [5.74, 6) is 0.690. The molecule has 5 rings (SSSR count). The molecule has 1 aromatic heterocycles. The molecule has 2 heterocycles. The second kappa shape index (κ2) is 12.0. The topological polar surface area (TPSA) is 102 Å². The number of fused-ring (bicyclic) bond motifs is 1. The molecule has 1 saturated heterocycles. The highest BCUT2D eigenvalue weighted by molar-refractivity contribution is 6.30. The molecule has 8 nitrogen and oxygen atoms in total. The Kier molecular flexibility index (Phi) is 8.47. The number of nitrogens with zero attached hydrogens (tertiary/aromatic N) is 4. The van der Waals surface area contributed by atoms with E-state index in [1.807, 2.05) is 66.4 Å². The van der Waals surface area contributed by atoms with Crippen molar-refractivity contribution in [2.75, 3.05) is 37.6 Å². The first-order chi connectivity index (χ1) is 18.8. The normalized spacial score (nSPS) is 21.4. The Morgan fingerprint density at radius 2 is 1.74 bits per heavy atom. The molecule has 206 valence electrons. The van der Waals surface area contributed by atoms with Crippen molar-refractivity contribution in [3.63, 3.8) is 0 Å². The van der Waals surface area contributed by atoms with E-state index >= 15 is 0 Å². The van der Waals surface area contributed by atoms with Crippen molar-refractivity contribution in [2.45, 2.75) is 50.4 Å². The van der Waals surface area contributed by atoms with E-state index in [2.05, 4.69) is 27.1 Å². The number of carbonyl (C=O) groups is 1. The number of aromatic nitrogens is 2.